The molecule has 0 aliphatic carbocycles. The lowest BCUT2D eigenvalue weighted by Gasteiger charge is -2.10. The number of nitrogens with zero attached hydrogens (tertiary/aromatic N) is 1. The molecule has 5 heteroatoms. The maximum atomic E-state index is 13.0. The van der Waals surface area contributed by atoms with Crippen LogP contribution in [0.3, 0.4) is 0 Å². The van der Waals surface area contributed by atoms with E-state index in [4.69, 9.17) is 9.47 Å². The Morgan fingerprint density at radius 1 is 1.18 bits per heavy atom. The van der Waals surface area contributed by atoms with Crippen LogP contribution in [0, 0.1) is 20.7 Å². The summed E-state index contributed by atoms with van der Waals surface area (Å²) < 4.78 is 24.5. The van der Waals surface area contributed by atoms with Crippen LogP contribution in [0.15, 0.2) is 36.4 Å². The van der Waals surface area contributed by atoms with Crippen LogP contribution in [-0.4, -0.2) is 14.2 Å². The van der Waals surface area contributed by atoms with Gasteiger partial charge in [0.25, 0.3) is 0 Å². The Hall–Kier alpha value is -2.07. The molecule has 0 unspecified atom stereocenters. The molecule has 0 amide bonds. The summed E-state index contributed by atoms with van der Waals surface area (Å²) in [5, 5.41) is 9.34. The smallest absolute Gasteiger partial charge is 0.174 e. The number of methoxy groups -OCH3 is 2. The molecule has 2 aromatic carbocycles. The molecule has 0 saturated carbocycles. The zero-order chi connectivity index (χ0) is 16.1. The monoisotopic (exact) mass is 409 g/mol. The van der Waals surface area contributed by atoms with Crippen LogP contribution in [0.5, 0.6) is 11.5 Å². The molecular weight excluding hydrogens is 396 g/mol. The van der Waals surface area contributed by atoms with Crippen LogP contribution in [-0.2, 0) is 0 Å². The molecule has 0 fully saturated rings. The van der Waals surface area contributed by atoms with Gasteiger partial charge in [-0.3, -0.25) is 0 Å². The predicted molar refractivity (Wildman–Crippen MR) is 92.1 cm³/mol. The number of benzene rings is 2. The predicted octanol–water partition coefficient (Wildman–Crippen LogP) is 4.51. The van der Waals surface area contributed by atoms with Crippen molar-refractivity contribution < 1.29 is 13.9 Å². The molecule has 0 aliphatic rings. The second kappa shape index (κ2) is 7.27. The third-order valence-electron chi connectivity index (χ3n) is 3.04. The molecule has 0 heterocycles. The average molecular weight is 409 g/mol. The van der Waals surface area contributed by atoms with Gasteiger partial charge in [-0.1, -0.05) is 12.1 Å². The molecule has 0 aliphatic heterocycles. The SMILES string of the molecule is COc1cc(/C=C(/C#N)c2ccc(F)cc2)cc(I)c1OC. The highest BCUT2D eigenvalue weighted by molar-refractivity contribution is 14.1. The van der Waals surface area contributed by atoms with E-state index in [-0.39, 0.29) is 5.82 Å². The third-order valence-corrected chi connectivity index (χ3v) is 3.84. The molecule has 0 radical (unpaired) electrons. The van der Waals surface area contributed by atoms with Gasteiger partial charge in [0, 0.05) is 0 Å². The van der Waals surface area contributed by atoms with Gasteiger partial charge in [0.15, 0.2) is 11.5 Å². The number of ether oxygens (including phenoxy) is 2. The van der Waals surface area contributed by atoms with Crippen LogP contribution in [0.25, 0.3) is 11.6 Å². The lowest BCUT2D eigenvalue weighted by atomic mass is 10.0. The van der Waals surface area contributed by atoms with Gasteiger partial charge in [-0.25, -0.2) is 4.39 Å². The van der Waals surface area contributed by atoms with Crippen LogP contribution >= 0.6 is 22.6 Å². The van der Waals surface area contributed by atoms with E-state index in [0.29, 0.717) is 22.6 Å². The summed E-state index contributed by atoms with van der Waals surface area (Å²) in [5.74, 6) is 0.916. The highest BCUT2D eigenvalue weighted by Crippen LogP contribution is 2.34. The topological polar surface area (TPSA) is 42.2 Å². The van der Waals surface area contributed by atoms with Crippen molar-refractivity contribution in [3.63, 3.8) is 0 Å². The van der Waals surface area contributed by atoms with Crippen LogP contribution in [0.2, 0.25) is 0 Å². The summed E-state index contributed by atoms with van der Waals surface area (Å²) >= 11 is 2.15. The van der Waals surface area contributed by atoms with Gasteiger partial charge in [-0.2, -0.15) is 5.26 Å². The minimum Gasteiger partial charge on any atom is -0.493 e. The van der Waals surface area contributed by atoms with Gasteiger partial charge in [0.2, 0.25) is 0 Å². The molecule has 0 bridgehead atoms. The van der Waals surface area contributed by atoms with E-state index in [1.807, 2.05) is 6.07 Å². The molecule has 0 N–H and O–H groups in total. The van der Waals surface area contributed by atoms with Crippen LogP contribution < -0.4 is 9.47 Å². The Morgan fingerprint density at radius 3 is 2.41 bits per heavy atom. The number of halogens is 2. The van der Waals surface area contributed by atoms with Crippen LogP contribution in [0.4, 0.5) is 4.39 Å². The number of nitriles is 1. The molecule has 0 aromatic heterocycles. The van der Waals surface area contributed by atoms with Gasteiger partial charge >= 0.3 is 0 Å². The molecule has 2 aromatic rings. The number of hydrogen-bond acceptors (Lipinski definition) is 3. The van der Waals surface area contributed by atoms with Gasteiger partial charge in [0.1, 0.15) is 5.82 Å². The van der Waals surface area contributed by atoms with Crippen molar-refractivity contribution in [2.45, 2.75) is 0 Å². The average Bonchev–Trinajstić information content (AvgIpc) is 2.53. The van der Waals surface area contributed by atoms with Crippen molar-refractivity contribution in [3.8, 4) is 17.6 Å². The van der Waals surface area contributed by atoms with E-state index in [9.17, 15) is 9.65 Å². The summed E-state index contributed by atoms with van der Waals surface area (Å²) in [6.45, 7) is 0. The highest BCUT2D eigenvalue weighted by Gasteiger charge is 2.10. The van der Waals surface area contributed by atoms with Gasteiger partial charge < -0.3 is 9.47 Å². The molecule has 0 spiro atoms. The zero-order valence-electron chi connectivity index (χ0n) is 12.1. The van der Waals surface area contributed by atoms with Crippen molar-refractivity contribution in [2.24, 2.45) is 0 Å². The Morgan fingerprint density at radius 2 is 1.86 bits per heavy atom. The molecular formula is C17H13FINO2. The molecule has 3 nitrogen and oxygen atoms in total. The van der Waals surface area contributed by atoms with Crippen molar-refractivity contribution in [2.75, 3.05) is 14.2 Å². The first-order chi connectivity index (χ1) is 10.6. The normalized spacial score (nSPS) is 11.0. The fraction of sp³-hybridized carbons (Fsp3) is 0.118. The Kier molecular flexibility index (Phi) is 5.39. The van der Waals surface area contributed by atoms with Gasteiger partial charge in [0.05, 0.1) is 29.4 Å². The Balaban J connectivity index is 2.48. The quantitative estimate of drug-likeness (QED) is 0.424. The minimum atomic E-state index is -0.332. The lowest BCUT2D eigenvalue weighted by molar-refractivity contribution is 0.353. The molecule has 2 rings (SSSR count). The van der Waals surface area contributed by atoms with Crippen LogP contribution in [0.1, 0.15) is 11.1 Å². The third kappa shape index (κ3) is 3.57. The first kappa shape index (κ1) is 16.3. The standard InChI is InChI=1S/C17H13FINO2/c1-21-16-9-11(8-15(19)17(16)22-2)7-13(10-20)12-3-5-14(18)6-4-12/h3-9H,1-2H3/b13-7-. The van der Waals surface area contributed by atoms with Gasteiger partial charge in [-0.05, 0) is 64.1 Å². The second-order valence-electron chi connectivity index (χ2n) is 4.41. The molecule has 0 atom stereocenters. The van der Waals surface area contributed by atoms with E-state index in [1.165, 1.54) is 12.1 Å². The molecule has 112 valence electrons. The summed E-state index contributed by atoms with van der Waals surface area (Å²) in [6, 6.07) is 11.6. The van der Waals surface area contributed by atoms with Crippen molar-refractivity contribution >= 4 is 34.2 Å². The van der Waals surface area contributed by atoms with E-state index in [0.717, 1.165) is 9.13 Å². The van der Waals surface area contributed by atoms with Gasteiger partial charge in [-0.15, -0.1) is 0 Å². The first-order valence-electron chi connectivity index (χ1n) is 6.38. The van der Waals surface area contributed by atoms with Crippen molar-refractivity contribution in [1.29, 1.82) is 5.26 Å². The van der Waals surface area contributed by atoms with E-state index < -0.39 is 0 Å². The van der Waals surface area contributed by atoms with E-state index >= 15 is 0 Å². The maximum absolute atomic E-state index is 13.0. The highest BCUT2D eigenvalue weighted by atomic mass is 127. The summed E-state index contributed by atoms with van der Waals surface area (Å²) in [6.07, 6.45) is 1.73. The Bertz CT molecular complexity index is 748. The van der Waals surface area contributed by atoms with Crippen molar-refractivity contribution in [3.05, 3.63) is 56.9 Å². The number of hydrogen-bond donors (Lipinski definition) is 0. The fourth-order valence-corrected chi connectivity index (χ4v) is 2.84. The zero-order valence-corrected chi connectivity index (χ0v) is 14.2. The number of rotatable bonds is 4. The maximum Gasteiger partial charge on any atom is 0.174 e. The molecule has 22 heavy (non-hydrogen) atoms. The summed E-state index contributed by atoms with van der Waals surface area (Å²) in [7, 11) is 3.14. The van der Waals surface area contributed by atoms with E-state index in [1.54, 1.807) is 38.5 Å². The summed E-state index contributed by atoms with van der Waals surface area (Å²) in [5.41, 5.74) is 1.92. The molecule has 0 saturated heterocycles. The first-order valence-corrected chi connectivity index (χ1v) is 7.46. The summed E-state index contributed by atoms with van der Waals surface area (Å²) in [4.78, 5) is 0. The second-order valence-corrected chi connectivity index (χ2v) is 5.58. The minimum absolute atomic E-state index is 0.332. The largest absolute Gasteiger partial charge is 0.493 e. The Labute approximate surface area is 142 Å². The lowest BCUT2D eigenvalue weighted by Crippen LogP contribution is -1.94. The van der Waals surface area contributed by atoms with E-state index in [2.05, 4.69) is 28.7 Å². The number of allylic oxidation sites excluding steroid dienone is 1. The fourth-order valence-electron chi connectivity index (χ4n) is 2.00. The van der Waals surface area contributed by atoms with Crippen molar-refractivity contribution in [1.82, 2.24) is 0 Å².